The van der Waals surface area contributed by atoms with E-state index < -0.39 is 4.92 Å². The van der Waals surface area contributed by atoms with Crippen molar-refractivity contribution in [2.45, 2.75) is 13.0 Å². The summed E-state index contributed by atoms with van der Waals surface area (Å²) in [4.78, 5) is 16.0. The Balaban J connectivity index is 2.15. The molecule has 0 unspecified atom stereocenters. The standard InChI is InChI=1S/C10H14N4O2/c1-2-13(9-5-11-6-9)8-3-4-10(12-7-8)14(15)16/h3-4,7,9,11H,2,5-6H2,1H3. The molecule has 1 aromatic rings. The van der Waals surface area contributed by atoms with Gasteiger partial charge in [0.1, 0.15) is 0 Å². The molecule has 0 aromatic carbocycles. The van der Waals surface area contributed by atoms with Gasteiger partial charge < -0.3 is 20.3 Å². The zero-order valence-electron chi connectivity index (χ0n) is 9.09. The van der Waals surface area contributed by atoms with E-state index in [9.17, 15) is 10.1 Å². The summed E-state index contributed by atoms with van der Waals surface area (Å²) in [6, 6.07) is 3.69. The van der Waals surface area contributed by atoms with Crippen molar-refractivity contribution in [1.82, 2.24) is 10.3 Å². The molecular formula is C10H14N4O2. The average Bonchev–Trinajstić information content (AvgIpc) is 2.23. The van der Waals surface area contributed by atoms with Crippen LogP contribution in [0.25, 0.3) is 0 Å². The molecule has 0 saturated carbocycles. The molecule has 2 heterocycles. The zero-order valence-corrected chi connectivity index (χ0v) is 9.09. The van der Waals surface area contributed by atoms with Crippen molar-refractivity contribution in [1.29, 1.82) is 0 Å². The van der Waals surface area contributed by atoms with Gasteiger partial charge >= 0.3 is 5.82 Å². The first-order valence-electron chi connectivity index (χ1n) is 5.30. The summed E-state index contributed by atoms with van der Waals surface area (Å²) in [7, 11) is 0. The predicted octanol–water partition coefficient (Wildman–Crippen LogP) is 0.788. The van der Waals surface area contributed by atoms with E-state index in [0.717, 1.165) is 25.3 Å². The molecule has 0 aliphatic carbocycles. The summed E-state index contributed by atoms with van der Waals surface area (Å²) < 4.78 is 0. The average molecular weight is 222 g/mol. The van der Waals surface area contributed by atoms with E-state index in [1.165, 1.54) is 6.07 Å². The second kappa shape index (κ2) is 4.44. The van der Waals surface area contributed by atoms with Crippen molar-refractivity contribution < 1.29 is 4.92 Å². The van der Waals surface area contributed by atoms with Gasteiger partial charge in [-0.2, -0.15) is 0 Å². The number of rotatable bonds is 4. The molecule has 1 fully saturated rings. The molecular weight excluding hydrogens is 208 g/mol. The van der Waals surface area contributed by atoms with Crippen LogP contribution in [-0.4, -0.2) is 35.6 Å². The Morgan fingerprint density at radius 3 is 2.75 bits per heavy atom. The highest BCUT2D eigenvalue weighted by Gasteiger charge is 2.24. The fourth-order valence-electron chi connectivity index (χ4n) is 1.80. The van der Waals surface area contributed by atoms with Crippen LogP contribution in [0.2, 0.25) is 0 Å². The third kappa shape index (κ3) is 1.96. The normalized spacial score (nSPS) is 15.6. The molecule has 1 aliphatic rings. The first-order valence-corrected chi connectivity index (χ1v) is 5.30. The Kier molecular flexibility index (Phi) is 3.00. The Morgan fingerprint density at radius 2 is 2.38 bits per heavy atom. The maximum absolute atomic E-state index is 10.5. The van der Waals surface area contributed by atoms with Crippen LogP contribution in [0.15, 0.2) is 18.3 Å². The van der Waals surface area contributed by atoms with Gasteiger partial charge in [0.25, 0.3) is 0 Å². The number of nitrogens with zero attached hydrogens (tertiary/aromatic N) is 3. The highest BCUT2D eigenvalue weighted by Crippen LogP contribution is 2.19. The molecule has 1 aromatic heterocycles. The third-order valence-corrected chi connectivity index (χ3v) is 2.79. The molecule has 0 atom stereocenters. The van der Waals surface area contributed by atoms with Crippen LogP contribution in [0.5, 0.6) is 0 Å². The van der Waals surface area contributed by atoms with E-state index >= 15 is 0 Å². The van der Waals surface area contributed by atoms with Crippen molar-refractivity contribution in [3.05, 3.63) is 28.4 Å². The molecule has 1 saturated heterocycles. The molecule has 0 bridgehead atoms. The van der Waals surface area contributed by atoms with Crippen molar-refractivity contribution in [3.8, 4) is 0 Å². The smallest absolute Gasteiger partial charge is 0.363 e. The molecule has 0 radical (unpaired) electrons. The van der Waals surface area contributed by atoms with Crippen molar-refractivity contribution >= 4 is 11.5 Å². The molecule has 6 nitrogen and oxygen atoms in total. The molecule has 6 heteroatoms. The predicted molar refractivity (Wildman–Crippen MR) is 60.6 cm³/mol. The summed E-state index contributed by atoms with van der Waals surface area (Å²) >= 11 is 0. The van der Waals surface area contributed by atoms with Crippen molar-refractivity contribution in [2.75, 3.05) is 24.5 Å². The van der Waals surface area contributed by atoms with Gasteiger partial charge in [0.15, 0.2) is 6.20 Å². The lowest BCUT2D eigenvalue weighted by atomic mass is 10.1. The fourth-order valence-corrected chi connectivity index (χ4v) is 1.80. The highest BCUT2D eigenvalue weighted by atomic mass is 16.6. The number of hydrogen-bond donors (Lipinski definition) is 1. The van der Waals surface area contributed by atoms with Crippen LogP contribution in [-0.2, 0) is 0 Å². The fraction of sp³-hybridized carbons (Fsp3) is 0.500. The summed E-state index contributed by atoms with van der Waals surface area (Å²) in [5.41, 5.74) is 0.944. The third-order valence-electron chi connectivity index (χ3n) is 2.79. The monoisotopic (exact) mass is 222 g/mol. The largest absolute Gasteiger partial charge is 0.363 e. The summed E-state index contributed by atoms with van der Waals surface area (Å²) in [5.74, 6) is -0.105. The maximum Gasteiger partial charge on any atom is 0.363 e. The maximum atomic E-state index is 10.5. The molecule has 2 rings (SSSR count). The van der Waals surface area contributed by atoms with Crippen LogP contribution >= 0.6 is 0 Å². The molecule has 1 aliphatic heterocycles. The minimum absolute atomic E-state index is 0.105. The summed E-state index contributed by atoms with van der Waals surface area (Å²) in [6.45, 7) is 4.88. The van der Waals surface area contributed by atoms with E-state index in [0.29, 0.717) is 6.04 Å². The Labute approximate surface area is 93.4 Å². The first-order chi connectivity index (χ1) is 7.72. The molecule has 86 valence electrons. The first kappa shape index (κ1) is 10.8. The number of nitro groups is 1. The second-order valence-electron chi connectivity index (χ2n) is 3.73. The van der Waals surface area contributed by atoms with E-state index in [4.69, 9.17) is 0 Å². The van der Waals surface area contributed by atoms with E-state index in [1.54, 1.807) is 12.3 Å². The van der Waals surface area contributed by atoms with Gasteiger partial charge in [0, 0.05) is 25.7 Å². The topological polar surface area (TPSA) is 71.3 Å². The van der Waals surface area contributed by atoms with Gasteiger partial charge in [-0.3, -0.25) is 0 Å². The SMILES string of the molecule is CCN(c1ccc([N+](=O)[O-])nc1)C1CNC1. The van der Waals surface area contributed by atoms with Gasteiger partial charge in [-0.1, -0.05) is 0 Å². The van der Waals surface area contributed by atoms with E-state index in [2.05, 4.69) is 22.1 Å². The number of nitrogens with one attached hydrogen (secondary N) is 1. The number of pyridine rings is 1. The quantitative estimate of drug-likeness (QED) is 0.602. The van der Waals surface area contributed by atoms with Gasteiger partial charge in [-0.15, -0.1) is 0 Å². The van der Waals surface area contributed by atoms with Crippen LogP contribution < -0.4 is 10.2 Å². The van der Waals surface area contributed by atoms with Gasteiger partial charge in [0.05, 0.1) is 11.7 Å². The Hall–Kier alpha value is -1.69. The van der Waals surface area contributed by atoms with Crippen LogP contribution in [0.3, 0.4) is 0 Å². The highest BCUT2D eigenvalue weighted by molar-refractivity contribution is 5.48. The van der Waals surface area contributed by atoms with Gasteiger partial charge in [-0.05, 0) is 22.9 Å². The van der Waals surface area contributed by atoms with E-state index in [-0.39, 0.29) is 5.82 Å². The Bertz CT molecular complexity index is 375. The molecule has 16 heavy (non-hydrogen) atoms. The number of anilines is 1. The number of hydrogen-bond acceptors (Lipinski definition) is 5. The lowest BCUT2D eigenvalue weighted by Crippen LogP contribution is -2.57. The second-order valence-corrected chi connectivity index (χ2v) is 3.73. The lowest BCUT2D eigenvalue weighted by molar-refractivity contribution is -0.389. The van der Waals surface area contributed by atoms with Gasteiger partial charge in [-0.25, -0.2) is 0 Å². The summed E-state index contributed by atoms with van der Waals surface area (Å²) in [5, 5.41) is 13.7. The minimum Gasteiger partial charge on any atom is -0.363 e. The molecule has 0 spiro atoms. The lowest BCUT2D eigenvalue weighted by Gasteiger charge is -2.38. The Morgan fingerprint density at radius 1 is 1.62 bits per heavy atom. The number of likely N-dealkylation sites (N-methyl/N-ethyl adjacent to an activating group) is 1. The zero-order chi connectivity index (χ0) is 11.5. The van der Waals surface area contributed by atoms with E-state index in [1.807, 2.05) is 0 Å². The van der Waals surface area contributed by atoms with Crippen molar-refractivity contribution in [2.24, 2.45) is 0 Å². The molecule has 1 N–H and O–H groups in total. The van der Waals surface area contributed by atoms with Crippen LogP contribution in [0, 0.1) is 10.1 Å². The van der Waals surface area contributed by atoms with Crippen LogP contribution in [0.4, 0.5) is 11.5 Å². The van der Waals surface area contributed by atoms with Crippen molar-refractivity contribution in [3.63, 3.8) is 0 Å². The summed E-state index contributed by atoms with van der Waals surface area (Å²) in [6.07, 6.45) is 1.57. The number of aromatic nitrogens is 1. The van der Waals surface area contributed by atoms with Crippen LogP contribution in [0.1, 0.15) is 6.92 Å². The minimum atomic E-state index is -0.481. The molecule has 0 amide bonds. The van der Waals surface area contributed by atoms with Gasteiger partial charge in [0.2, 0.25) is 0 Å².